The monoisotopic (exact) mass is 566 g/mol. The van der Waals surface area contributed by atoms with Gasteiger partial charge in [0.15, 0.2) is 0 Å². The van der Waals surface area contributed by atoms with Gasteiger partial charge in [-0.15, -0.1) is 0 Å². The van der Waals surface area contributed by atoms with Crippen LogP contribution in [0.15, 0.2) is 24.3 Å². The minimum Gasteiger partial charge on any atom is -0.467 e. The van der Waals surface area contributed by atoms with Crippen molar-refractivity contribution < 1.29 is 47.7 Å². The number of carbonyl (C=O) groups excluding carboxylic acids is 5. The van der Waals surface area contributed by atoms with Crippen molar-refractivity contribution in [2.75, 3.05) is 14.2 Å². The SMILES string of the molecule is COC(=O)[C@H](CCCCC(=O)Oc1ccc(C[C@H](NC(=O)OC(C)(C)C)C(=O)OC)cc1)NC(=O)OC(C)(C)C. The zero-order valence-electron chi connectivity index (χ0n) is 24.6. The number of alkyl carbamates (subject to hydrolysis) is 2. The first-order chi connectivity index (χ1) is 18.5. The molecular formula is C28H42N2O10. The summed E-state index contributed by atoms with van der Waals surface area (Å²) in [7, 11) is 2.45. The van der Waals surface area contributed by atoms with E-state index in [1.165, 1.54) is 14.2 Å². The highest BCUT2D eigenvalue weighted by Gasteiger charge is 2.26. The Morgan fingerprint density at radius 2 is 1.20 bits per heavy atom. The van der Waals surface area contributed by atoms with Gasteiger partial charge in [-0.3, -0.25) is 4.79 Å². The Morgan fingerprint density at radius 3 is 1.68 bits per heavy atom. The third-order valence-electron chi connectivity index (χ3n) is 5.07. The van der Waals surface area contributed by atoms with Gasteiger partial charge in [0.1, 0.15) is 29.0 Å². The fourth-order valence-electron chi connectivity index (χ4n) is 3.36. The summed E-state index contributed by atoms with van der Waals surface area (Å²) in [5, 5.41) is 5.00. The Labute approximate surface area is 235 Å². The highest BCUT2D eigenvalue weighted by atomic mass is 16.6. The summed E-state index contributed by atoms with van der Waals surface area (Å²) < 4.78 is 25.3. The van der Waals surface area contributed by atoms with Gasteiger partial charge in [-0.05, 0) is 72.1 Å². The van der Waals surface area contributed by atoms with Gasteiger partial charge in [0, 0.05) is 12.8 Å². The van der Waals surface area contributed by atoms with Gasteiger partial charge in [-0.1, -0.05) is 18.6 Å². The largest absolute Gasteiger partial charge is 0.467 e. The van der Waals surface area contributed by atoms with Gasteiger partial charge in [0.25, 0.3) is 0 Å². The van der Waals surface area contributed by atoms with Crippen molar-refractivity contribution in [2.24, 2.45) is 0 Å². The molecule has 0 saturated heterocycles. The van der Waals surface area contributed by atoms with E-state index in [9.17, 15) is 24.0 Å². The second-order valence-corrected chi connectivity index (χ2v) is 11.0. The van der Waals surface area contributed by atoms with E-state index in [0.717, 1.165) is 0 Å². The summed E-state index contributed by atoms with van der Waals surface area (Å²) in [6.45, 7) is 10.3. The number of methoxy groups -OCH3 is 2. The van der Waals surface area contributed by atoms with Gasteiger partial charge >= 0.3 is 30.1 Å². The molecule has 1 aromatic carbocycles. The first-order valence-electron chi connectivity index (χ1n) is 13.0. The molecule has 0 saturated carbocycles. The molecule has 2 atom stereocenters. The van der Waals surface area contributed by atoms with E-state index in [-0.39, 0.29) is 19.3 Å². The lowest BCUT2D eigenvalue weighted by molar-refractivity contribution is -0.144. The van der Waals surface area contributed by atoms with E-state index in [4.69, 9.17) is 23.7 Å². The molecule has 12 nitrogen and oxygen atoms in total. The molecule has 2 N–H and O–H groups in total. The average molecular weight is 567 g/mol. The van der Waals surface area contributed by atoms with Gasteiger partial charge in [0.2, 0.25) is 0 Å². The highest BCUT2D eigenvalue weighted by Crippen LogP contribution is 2.16. The van der Waals surface area contributed by atoms with Crippen molar-refractivity contribution in [3.05, 3.63) is 29.8 Å². The lowest BCUT2D eigenvalue weighted by Crippen LogP contribution is -2.45. The van der Waals surface area contributed by atoms with Crippen molar-refractivity contribution >= 4 is 30.1 Å². The van der Waals surface area contributed by atoms with Gasteiger partial charge in [0.05, 0.1) is 14.2 Å². The van der Waals surface area contributed by atoms with E-state index in [0.29, 0.717) is 24.2 Å². The molecule has 0 aliphatic heterocycles. The number of benzene rings is 1. The molecule has 0 unspecified atom stereocenters. The molecule has 2 amide bonds. The van der Waals surface area contributed by atoms with Crippen molar-refractivity contribution in [3.63, 3.8) is 0 Å². The van der Waals surface area contributed by atoms with Crippen molar-refractivity contribution in [1.82, 2.24) is 10.6 Å². The molecule has 0 aromatic heterocycles. The smallest absolute Gasteiger partial charge is 0.408 e. The van der Waals surface area contributed by atoms with Crippen LogP contribution in [0, 0.1) is 0 Å². The van der Waals surface area contributed by atoms with Crippen LogP contribution in [0.4, 0.5) is 9.59 Å². The number of rotatable bonds is 12. The molecule has 0 aliphatic carbocycles. The highest BCUT2D eigenvalue weighted by molar-refractivity contribution is 5.82. The zero-order valence-corrected chi connectivity index (χ0v) is 24.6. The quantitative estimate of drug-likeness (QED) is 0.165. The van der Waals surface area contributed by atoms with Crippen molar-refractivity contribution in [1.29, 1.82) is 0 Å². The number of amides is 2. The summed E-state index contributed by atoms with van der Waals surface area (Å²) in [6, 6.07) is 4.62. The van der Waals surface area contributed by atoms with E-state index in [1.54, 1.807) is 65.8 Å². The number of unbranched alkanes of at least 4 members (excludes halogenated alkanes) is 1. The second-order valence-electron chi connectivity index (χ2n) is 11.0. The standard InChI is InChI=1S/C28H42N2O10/c1-27(2,3)39-25(34)29-20(23(32)36-7)11-9-10-12-22(31)38-19-15-13-18(14-16-19)17-21(24(33)37-8)30-26(35)40-28(4,5)6/h13-16,20-21H,9-12,17H2,1-8H3,(H,29,34)(H,30,35)/t20-,21-/m0/s1. The fraction of sp³-hybridized carbons (Fsp3) is 0.607. The van der Waals surface area contributed by atoms with Gasteiger partial charge < -0.3 is 34.3 Å². The predicted molar refractivity (Wildman–Crippen MR) is 145 cm³/mol. The third kappa shape index (κ3) is 14.4. The minimum absolute atomic E-state index is 0.0896. The molecule has 0 fully saturated rings. The normalized spacial score (nSPS) is 12.8. The van der Waals surface area contributed by atoms with E-state index in [2.05, 4.69) is 10.6 Å². The summed E-state index contributed by atoms with van der Waals surface area (Å²) in [6.07, 6.45) is -0.130. The number of ether oxygens (including phenoxy) is 5. The summed E-state index contributed by atoms with van der Waals surface area (Å²) in [5.41, 5.74) is -0.749. The van der Waals surface area contributed by atoms with E-state index in [1.807, 2.05) is 0 Å². The zero-order chi connectivity index (χ0) is 30.5. The Hall–Kier alpha value is -3.83. The van der Waals surface area contributed by atoms with Crippen LogP contribution < -0.4 is 15.4 Å². The summed E-state index contributed by atoms with van der Waals surface area (Å²) in [5.74, 6) is -1.40. The minimum atomic E-state index is -0.966. The molecule has 0 aliphatic rings. The van der Waals surface area contributed by atoms with Crippen molar-refractivity contribution in [2.45, 2.75) is 96.9 Å². The molecular weight excluding hydrogens is 524 g/mol. The van der Waals surface area contributed by atoms with E-state index >= 15 is 0 Å². The molecule has 0 spiro atoms. The lowest BCUT2D eigenvalue weighted by atomic mass is 10.1. The Morgan fingerprint density at radius 1 is 0.725 bits per heavy atom. The molecule has 0 bridgehead atoms. The number of carbonyl (C=O) groups is 5. The molecule has 12 heteroatoms. The molecule has 40 heavy (non-hydrogen) atoms. The van der Waals surface area contributed by atoms with Gasteiger partial charge in [-0.2, -0.15) is 0 Å². The molecule has 224 valence electrons. The number of nitrogens with one attached hydrogen (secondary N) is 2. The first-order valence-corrected chi connectivity index (χ1v) is 13.0. The fourth-order valence-corrected chi connectivity index (χ4v) is 3.36. The Bertz CT molecular complexity index is 1010. The topological polar surface area (TPSA) is 156 Å². The van der Waals surface area contributed by atoms with E-state index < -0.39 is 53.4 Å². The number of hydrogen-bond acceptors (Lipinski definition) is 10. The van der Waals surface area contributed by atoms with Crippen LogP contribution in [-0.2, 0) is 39.8 Å². The van der Waals surface area contributed by atoms with Crippen LogP contribution in [0.5, 0.6) is 5.75 Å². The number of esters is 3. The maximum absolute atomic E-state index is 12.3. The second kappa shape index (κ2) is 15.7. The maximum atomic E-state index is 12.3. The third-order valence-corrected chi connectivity index (χ3v) is 5.07. The number of hydrogen-bond donors (Lipinski definition) is 2. The molecule has 0 heterocycles. The molecule has 1 aromatic rings. The first kappa shape index (κ1) is 34.2. The van der Waals surface area contributed by atoms with Crippen LogP contribution in [0.2, 0.25) is 0 Å². The summed E-state index contributed by atoms with van der Waals surface area (Å²) in [4.78, 5) is 60.5. The van der Waals surface area contributed by atoms with Crippen LogP contribution in [0.1, 0.15) is 72.8 Å². The maximum Gasteiger partial charge on any atom is 0.408 e. The van der Waals surface area contributed by atoms with Crippen LogP contribution in [0.25, 0.3) is 0 Å². The van der Waals surface area contributed by atoms with Crippen LogP contribution in [0.3, 0.4) is 0 Å². The molecule has 0 radical (unpaired) electrons. The Kier molecular flexibility index (Phi) is 13.4. The summed E-state index contributed by atoms with van der Waals surface area (Å²) >= 11 is 0. The van der Waals surface area contributed by atoms with Crippen molar-refractivity contribution in [3.8, 4) is 5.75 Å². The molecule has 1 rings (SSSR count). The van der Waals surface area contributed by atoms with Crippen LogP contribution >= 0.6 is 0 Å². The van der Waals surface area contributed by atoms with Gasteiger partial charge in [-0.25, -0.2) is 19.2 Å². The Balaban J connectivity index is 2.59. The predicted octanol–water partition coefficient (Wildman–Crippen LogP) is 3.83. The lowest BCUT2D eigenvalue weighted by Gasteiger charge is -2.22. The van der Waals surface area contributed by atoms with Crippen LogP contribution in [-0.4, -0.2) is 67.6 Å². The average Bonchev–Trinajstić information content (AvgIpc) is 2.83.